The smallest absolute Gasteiger partial charge is 0.224 e. The molecule has 3 aromatic heterocycles. The molecule has 0 spiro atoms. The van der Waals surface area contributed by atoms with Crippen LogP contribution in [0, 0.1) is 0 Å². The molecule has 0 unspecified atom stereocenters. The molecule has 2 N–H and O–H groups in total. The quantitative estimate of drug-likeness (QED) is 0.508. The van der Waals surface area contributed by atoms with Gasteiger partial charge >= 0.3 is 0 Å². The lowest BCUT2D eigenvalue weighted by atomic mass is 9.93. The van der Waals surface area contributed by atoms with Crippen molar-refractivity contribution in [1.29, 1.82) is 0 Å². The Hall–Kier alpha value is -2.99. The fourth-order valence-corrected chi connectivity index (χ4v) is 4.25. The monoisotopic (exact) mass is 387 g/mol. The van der Waals surface area contributed by atoms with E-state index in [0.29, 0.717) is 18.1 Å². The molecule has 1 aliphatic carbocycles. The highest BCUT2D eigenvalue weighted by molar-refractivity contribution is 5.96. The fraction of sp³-hybridized carbons (Fsp3) is 0.348. The summed E-state index contributed by atoms with van der Waals surface area (Å²) in [4.78, 5) is 17.0. The van der Waals surface area contributed by atoms with Crippen molar-refractivity contribution in [3.63, 3.8) is 0 Å². The standard InChI is InChI=1S/C23H25N5O/c1-2-29-18-8-6-17(7-9-18)27-23-26-14-20-19(13-25-22(20)28-23)15-5-10-21-16(12-15)4-3-11-24-21/h3-5,10-14,17-18H,2,6-9H2,1H3,(H2,25,26,27,28). The van der Waals surface area contributed by atoms with Gasteiger partial charge in [-0.2, -0.15) is 4.98 Å². The minimum atomic E-state index is 0.407. The zero-order valence-corrected chi connectivity index (χ0v) is 16.6. The third-order valence-corrected chi connectivity index (χ3v) is 5.76. The number of pyridine rings is 1. The second kappa shape index (κ2) is 7.79. The number of aromatic amines is 1. The van der Waals surface area contributed by atoms with Crippen molar-refractivity contribution in [3.05, 3.63) is 48.9 Å². The Kier molecular flexibility index (Phi) is 4.86. The van der Waals surface area contributed by atoms with Crippen molar-refractivity contribution in [2.45, 2.75) is 44.8 Å². The highest BCUT2D eigenvalue weighted by Gasteiger charge is 2.22. The molecular formula is C23H25N5O. The van der Waals surface area contributed by atoms with E-state index in [-0.39, 0.29) is 0 Å². The van der Waals surface area contributed by atoms with Crippen molar-refractivity contribution in [2.24, 2.45) is 0 Å². The molecule has 6 nitrogen and oxygen atoms in total. The van der Waals surface area contributed by atoms with Gasteiger partial charge in [-0.15, -0.1) is 0 Å². The molecule has 5 rings (SSSR count). The van der Waals surface area contributed by atoms with Gasteiger partial charge in [0.05, 0.1) is 11.6 Å². The van der Waals surface area contributed by atoms with Gasteiger partial charge in [0.25, 0.3) is 0 Å². The number of aromatic nitrogens is 4. The predicted molar refractivity (Wildman–Crippen MR) is 116 cm³/mol. The highest BCUT2D eigenvalue weighted by atomic mass is 16.5. The number of nitrogens with zero attached hydrogens (tertiary/aromatic N) is 3. The maximum atomic E-state index is 5.74. The second-order valence-electron chi connectivity index (χ2n) is 7.64. The molecule has 29 heavy (non-hydrogen) atoms. The molecule has 0 saturated heterocycles. The zero-order chi connectivity index (χ0) is 19.6. The van der Waals surface area contributed by atoms with E-state index in [1.165, 1.54) is 0 Å². The van der Waals surface area contributed by atoms with Crippen LogP contribution < -0.4 is 5.32 Å². The van der Waals surface area contributed by atoms with Crippen molar-refractivity contribution in [2.75, 3.05) is 11.9 Å². The molecular weight excluding hydrogens is 362 g/mol. The Morgan fingerprint density at radius 1 is 1.14 bits per heavy atom. The van der Waals surface area contributed by atoms with Crippen LogP contribution in [0.3, 0.4) is 0 Å². The number of nitrogens with one attached hydrogen (secondary N) is 2. The van der Waals surface area contributed by atoms with Crippen LogP contribution in [-0.4, -0.2) is 38.7 Å². The molecule has 4 aromatic rings. The molecule has 1 aliphatic rings. The Morgan fingerprint density at radius 3 is 2.90 bits per heavy atom. The molecule has 0 amide bonds. The van der Waals surface area contributed by atoms with Crippen LogP contribution in [-0.2, 0) is 4.74 Å². The summed E-state index contributed by atoms with van der Waals surface area (Å²) in [6, 6.07) is 10.8. The van der Waals surface area contributed by atoms with E-state index in [1.807, 2.05) is 24.7 Å². The number of hydrogen-bond acceptors (Lipinski definition) is 5. The van der Waals surface area contributed by atoms with Crippen LogP contribution >= 0.6 is 0 Å². The normalized spacial score (nSPS) is 19.6. The SMILES string of the molecule is CCOC1CCC(Nc2ncc3c(-c4ccc5ncccc5c4)c[nH]c3n2)CC1. The first-order valence-corrected chi connectivity index (χ1v) is 10.4. The zero-order valence-electron chi connectivity index (χ0n) is 16.6. The van der Waals surface area contributed by atoms with Gasteiger partial charge in [-0.1, -0.05) is 12.1 Å². The maximum absolute atomic E-state index is 5.74. The third-order valence-electron chi connectivity index (χ3n) is 5.76. The van der Waals surface area contributed by atoms with Crippen molar-refractivity contribution in [3.8, 4) is 11.1 Å². The lowest BCUT2D eigenvalue weighted by Crippen LogP contribution is -2.30. The average molecular weight is 387 g/mol. The van der Waals surface area contributed by atoms with Gasteiger partial charge < -0.3 is 15.0 Å². The Balaban J connectivity index is 1.36. The first kappa shape index (κ1) is 18.1. The van der Waals surface area contributed by atoms with Crippen LogP contribution in [0.2, 0.25) is 0 Å². The highest BCUT2D eigenvalue weighted by Crippen LogP contribution is 2.30. The molecule has 0 aliphatic heterocycles. The van der Waals surface area contributed by atoms with Gasteiger partial charge in [0.1, 0.15) is 5.65 Å². The van der Waals surface area contributed by atoms with Gasteiger partial charge in [-0.25, -0.2) is 4.98 Å². The van der Waals surface area contributed by atoms with Crippen LogP contribution in [0.5, 0.6) is 0 Å². The minimum absolute atomic E-state index is 0.407. The van der Waals surface area contributed by atoms with E-state index in [9.17, 15) is 0 Å². The van der Waals surface area contributed by atoms with Crippen LogP contribution in [0.1, 0.15) is 32.6 Å². The van der Waals surface area contributed by atoms with E-state index in [0.717, 1.165) is 65.4 Å². The summed E-state index contributed by atoms with van der Waals surface area (Å²) < 4.78 is 5.74. The van der Waals surface area contributed by atoms with Crippen molar-refractivity contribution < 1.29 is 4.74 Å². The van der Waals surface area contributed by atoms with E-state index >= 15 is 0 Å². The number of H-pyrrole nitrogens is 1. The topological polar surface area (TPSA) is 75.7 Å². The summed E-state index contributed by atoms with van der Waals surface area (Å²) in [5.74, 6) is 0.688. The van der Waals surface area contributed by atoms with Crippen molar-refractivity contribution in [1.82, 2.24) is 19.9 Å². The van der Waals surface area contributed by atoms with Crippen molar-refractivity contribution >= 4 is 27.9 Å². The van der Waals surface area contributed by atoms with Crippen LogP contribution in [0.15, 0.2) is 48.9 Å². The molecule has 6 heteroatoms. The summed E-state index contributed by atoms with van der Waals surface area (Å²) >= 11 is 0. The number of ether oxygens (including phenoxy) is 1. The second-order valence-corrected chi connectivity index (χ2v) is 7.64. The first-order chi connectivity index (χ1) is 14.3. The number of anilines is 1. The van der Waals surface area contributed by atoms with Gasteiger partial charge in [-0.05, 0) is 56.4 Å². The van der Waals surface area contributed by atoms with Gasteiger partial charge in [0.15, 0.2) is 0 Å². The van der Waals surface area contributed by atoms with Gasteiger partial charge in [0.2, 0.25) is 5.95 Å². The summed E-state index contributed by atoms with van der Waals surface area (Å²) in [5.41, 5.74) is 4.09. The molecule has 1 aromatic carbocycles. The fourth-order valence-electron chi connectivity index (χ4n) is 4.25. The Morgan fingerprint density at radius 2 is 2.03 bits per heavy atom. The number of benzene rings is 1. The van der Waals surface area contributed by atoms with Crippen LogP contribution in [0.25, 0.3) is 33.1 Å². The largest absolute Gasteiger partial charge is 0.379 e. The number of fused-ring (bicyclic) bond motifs is 2. The predicted octanol–water partition coefficient (Wildman–Crippen LogP) is 4.93. The molecule has 3 heterocycles. The van der Waals surface area contributed by atoms with E-state index in [4.69, 9.17) is 9.72 Å². The van der Waals surface area contributed by atoms with E-state index in [1.54, 1.807) is 0 Å². The summed E-state index contributed by atoms with van der Waals surface area (Å²) in [5, 5.41) is 5.66. The average Bonchev–Trinajstić information content (AvgIpc) is 3.18. The number of hydrogen-bond donors (Lipinski definition) is 2. The van der Waals surface area contributed by atoms with Gasteiger partial charge in [0, 0.05) is 47.6 Å². The Bertz CT molecular complexity index is 1130. The molecule has 1 saturated carbocycles. The maximum Gasteiger partial charge on any atom is 0.224 e. The van der Waals surface area contributed by atoms with E-state index in [2.05, 4.69) is 51.5 Å². The molecule has 0 atom stereocenters. The molecule has 0 radical (unpaired) electrons. The third kappa shape index (κ3) is 3.68. The molecule has 1 fully saturated rings. The summed E-state index contributed by atoms with van der Waals surface area (Å²) in [6.07, 6.45) is 10.5. The molecule has 0 bridgehead atoms. The van der Waals surface area contributed by atoms with Gasteiger partial charge in [-0.3, -0.25) is 4.98 Å². The first-order valence-electron chi connectivity index (χ1n) is 10.4. The summed E-state index contributed by atoms with van der Waals surface area (Å²) in [6.45, 7) is 2.86. The summed E-state index contributed by atoms with van der Waals surface area (Å²) in [7, 11) is 0. The molecule has 148 valence electrons. The Labute approximate surface area is 169 Å². The lowest BCUT2D eigenvalue weighted by Gasteiger charge is -2.28. The van der Waals surface area contributed by atoms with Crippen LogP contribution in [0.4, 0.5) is 5.95 Å². The minimum Gasteiger partial charge on any atom is -0.379 e. The van der Waals surface area contributed by atoms with E-state index < -0.39 is 0 Å². The number of rotatable bonds is 5. The lowest BCUT2D eigenvalue weighted by molar-refractivity contribution is 0.0346.